The molecule has 0 bridgehead atoms. The largest absolute Gasteiger partial charge is 0.497 e. The van der Waals surface area contributed by atoms with Crippen LogP contribution < -0.4 is 10.1 Å². The van der Waals surface area contributed by atoms with Crippen molar-refractivity contribution in [2.45, 2.75) is 0 Å². The first-order valence-corrected chi connectivity index (χ1v) is 8.26. The van der Waals surface area contributed by atoms with E-state index in [1.807, 2.05) is 60.0 Å². The zero-order chi connectivity index (χ0) is 16.8. The van der Waals surface area contributed by atoms with Crippen molar-refractivity contribution in [1.82, 2.24) is 4.98 Å². The molecule has 4 nitrogen and oxygen atoms in total. The lowest BCUT2D eigenvalue weighted by Gasteiger charge is -2.00. The Morgan fingerprint density at radius 2 is 1.88 bits per heavy atom. The Morgan fingerprint density at radius 1 is 1.12 bits per heavy atom. The number of anilines is 1. The Labute approximate surface area is 144 Å². The van der Waals surface area contributed by atoms with E-state index in [0.29, 0.717) is 5.13 Å². The van der Waals surface area contributed by atoms with E-state index in [1.165, 1.54) is 17.4 Å². The lowest BCUT2D eigenvalue weighted by Crippen LogP contribution is -2.07. The van der Waals surface area contributed by atoms with Crippen molar-refractivity contribution in [3.63, 3.8) is 0 Å². The topological polar surface area (TPSA) is 51.2 Å². The van der Waals surface area contributed by atoms with Crippen molar-refractivity contribution in [2.75, 3.05) is 12.4 Å². The van der Waals surface area contributed by atoms with Gasteiger partial charge in [0.25, 0.3) is 0 Å². The number of methoxy groups -OCH3 is 1. The summed E-state index contributed by atoms with van der Waals surface area (Å²) >= 11 is 1.40. The maximum absolute atomic E-state index is 12.0. The van der Waals surface area contributed by atoms with Crippen molar-refractivity contribution < 1.29 is 9.53 Å². The van der Waals surface area contributed by atoms with Gasteiger partial charge in [-0.2, -0.15) is 0 Å². The Kier molecular flexibility index (Phi) is 5.03. The third kappa shape index (κ3) is 4.08. The molecule has 1 heterocycles. The number of rotatable bonds is 5. The number of ether oxygens (including phenoxy) is 1. The molecule has 0 aliphatic rings. The molecule has 0 saturated carbocycles. The van der Waals surface area contributed by atoms with Gasteiger partial charge >= 0.3 is 0 Å². The fraction of sp³-hybridized carbons (Fsp3) is 0.0526. The molecule has 1 N–H and O–H groups in total. The van der Waals surface area contributed by atoms with E-state index < -0.39 is 0 Å². The van der Waals surface area contributed by atoms with Gasteiger partial charge in [-0.3, -0.25) is 10.1 Å². The van der Waals surface area contributed by atoms with Crippen molar-refractivity contribution in [3.8, 4) is 17.0 Å². The molecule has 3 aromatic rings. The summed E-state index contributed by atoms with van der Waals surface area (Å²) in [7, 11) is 1.63. The smallest absolute Gasteiger partial charge is 0.250 e. The number of nitrogens with zero attached hydrogens (tertiary/aromatic N) is 1. The van der Waals surface area contributed by atoms with Crippen LogP contribution in [0.25, 0.3) is 17.3 Å². The van der Waals surface area contributed by atoms with E-state index >= 15 is 0 Å². The van der Waals surface area contributed by atoms with Gasteiger partial charge in [0.1, 0.15) is 5.75 Å². The molecule has 0 radical (unpaired) electrons. The van der Waals surface area contributed by atoms with Gasteiger partial charge in [-0.15, -0.1) is 11.3 Å². The third-order valence-corrected chi connectivity index (χ3v) is 4.10. The number of nitrogens with one attached hydrogen (secondary N) is 1. The molecular weight excluding hydrogens is 320 g/mol. The van der Waals surface area contributed by atoms with E-state index in [4.69, 9.17) is 4.74 Å². The van der Waals surface area contributed by atoms with Gasteiger partial charge in [0.05, 0.1) is 12.8 Å². The molecule has 0 spiro atoms. The van der Waals surface area contributed by atoms with Crippen molar-refractivity contribution in [1.29, 1.82) is 0 Å². The van der Waals surface area contributed by atoms with E-state index in [9.17, 15) is 4.79 Å². The third-order valence-electron chi connectivity index (χ3n) is 3.35. The highest BCUT2D eigenvalue weighted by Gasteiger charge is 2.06. The van der Waals surface area contributed by atoms with Gasteiger partial charge in [-0.1, -0.05) is 30.3 Å². The maximum Gasteiger partial charge on any atom is 0.250 e. The first-order valence-electron chi connectivity index (χ1n) is 7.38. The minimum absolute atomic E-state index is 0.200. The predicted octanol–water partition coefficient (Wildman–Crippen LogP) is 4.47. The van der Waals surface area contributed by atoms with Crippen LogP contribution in [0.5, 0.6) is 5.75 Å². The van der Waals surface area contributed by atoms with E-state index in [0.717, 1.165) is 22.6 Å². The van der Waals surface area contributed by atoms with Crippen LogP contribution in [0.15, 0.2) is 66.1 Å². The van der Waals surface area contributed by atoms with Gasteiger partial charge in [-0.25, -0.2) is 4.98 Å². The first kappa shape index (κ1) is 16.0. The lowest BCUT2D eigenvalue weighted by molar-refractivity contribution is -0.111. The molecule has 0 aliphatic carbocycles. The molecule has 1 aromatic heterocycles. The number of carbonyl (C=O) groups excluding carboxylic acids is 1. The van der Waals surface area contributed by atoms with Gasteiger partial charge in [0.15, 0.2) is 5.13 Å². The summed E-state index contributed by atoms with van der Waals surface area (Å²) in [6.07, 6.45) is 3.27. The van der Waals surface area contributed by atoms with Crippen LogP contribution in [-0.2, 0) is 4.79 Å². The second-order valence-electron chi connectivity index (χ2n) is 5.00. The van der Waals surface area contributed by atoms with Gasteiger partial charge < -0.3 is 4.74 Å². The van der Waals surface area contributed by atoms with Crippen LogP contribution in [0, 0.1) is 0 Å². The molecule has 3 rings (SSSR count). The summed E-state index contributed by atoms with van der Waals surface area (Å²) in [5, 5.41) is 5.27. The number of hydrogen-bond donors (Lipinski definition) is 1. The number of carbonyl (C=O) groups is 1. The summed E-state index contributed by atoms with van der Waals surface area (Å²) in [5.41, 5.74) is 2.78. The normalized spacial score (nSPS) is 10.7. The van der Waals surface area contributed by atoms with Crippen LogP contribution >= 0.6 is 11.3 Å². The number of aromatic nitrogens is 1. The summed E-state index contributed by atoms with van der Waals surface area (Å²) in [6, 6.07) is 17.3. The molecule has 5 heteroatoms. The van der Waals surface area contributed by atoms with Crippen LogP contribution in [-0.4, -0.2) is 18.0 Å². The van der Waals surface area contributed by atoms with Crippen molar-refractivity contribution in [3.05, 3.63) is 71.6 Å². The standard InChI is InChI=1S/C19H16N2O2S/c1-23-16-10-8-15(9-11-16)17-13-24-19(20-17)21-18(22)12-7-14-5-3-2-4-6-14/h2-13H,1H3,(H,20,21,22)/b12-7-. The molecule has 0 fully saturated rings. The minimum Gasteiger partial charge on any atom is -0.497 e. The van der Waals surface area contributed by atoms with Crippen LogP contribution in [0.4, 0.5) is 5.13 Å². The molecule has 2 aromatic carbocycles. The Balaban J connectivity index is 1.65. The quantitative estimate of drug-likeness (QED) is 0.699. The second-order valence-corrected chi connectivity index (χ2v) is 5.86. The van der Waals surface area contributed by atoms with Gasteiger partial charge in [-0.05, 0) is 35.9 Å². The second kappa shape index (κ2) is 7.57. The summed E-state index contributed by atoms with van der Waals surface area (Å²) < 4.78 is 5.14. The average Bonchev–Trinajstić information content (AvgIpc) is 3.09. The molecule has 0 aliphatic heterocycles. The zero-order valence-corrected chi connectivity index (χ0v) is 13.9. The van der Waals surface area contributed by atoms with Crippen LogP contribution in [0.3, 0.4) is 0 Å². The first-order chi connectivity index (χ1) is 11.7. The van der Waals surface area contributed by atoms with Gasteiger partial charge in [0.2, 0.25) is 5.91 Å². The minimum atomic E-state index is -0.200. The fourth-order valence-corrected chi connectivity index (χ4v) is 2.83. The van der Waals surface area contributed by atoms with E-state index in [1.54, 1.807) is 13.2 Å². The van der Waals surface area contributed by atoms with Crippen molar-refractivity contribution in [2.24, 2.45) is 0 Å². The SMILES string of the molecule is COc1ccc(-c2csc(NC(=O)/C=C\c3ccccc3)n2)cc1. The number of hydrogen-bond acceptors (Lipinski definition) is 4. The average molecular weight is 336 g/mol. The molecule has 1 amide bonds. The summed E-state index contributed by atoms with van der Waals surface area (Å²) in [5.74, 6) is 0.600. The van der Waals surface area contributed by atoms with E-state index in [2.05, 4.69) is 10.3 Å². The number of thiazole rings is 1. The van der Waals surface area contributed by atoms with Crippen LogP contribution in [0.2, 0.25) is 0 Å². The number of amides is 1. The molecular formula is C19H16N2O2S. The highest BCUT2D eigenvalue weighted by Crippen LogP contribution is 2.26. The molecule has 0 unspecified atom stereocenters. The van der Waals surface area contributed by atoms with Crippen LogP contribution in [0.1, 0.15) is 5.56 Å². The predicted molar refractivity (Wildman–Crippen MR) is 98.2 cm³/mol. The Hall–Kier alpha value is -2.92. The monoisotopic (exact) mass is 336 g/mol. The zero-order valence-electron chi connectivity index (χ0n) is 13.1. The maximum atomic E-state index is 12.0. The Morgan fingerprint density at radius 3 is 2.58 bits per heavy atom. The molecule has 24 heavy (non-hydrogen) atoms. The number of benzene rings is 2. The fourth-order valence-electron chi connectivity index (χ4n) is 2.11. The Bertz CT molecular complexity index is 839. The highest BCUT2D eigenvalue weighted by molar-refractivity contribution is 7.14. The lowest BCUT2D eigenvalue weighted by atomic mass is 10.2. The summed E-state index contributed by atoms with van der Waals surface area (Å²) in [4.78, 5) is 16.4. The van der Waals surface area contributed by atoms with Crippen molar-refractivity contribution >= 4 is 28.5 Å². The molecule has 120 valence electrons. The summed E-state index contributed by atoms with van der Waals surface area (Å²) in [6.45, 7) is 0. The molecule has 0 saturated heterocycles. The molecule has 0 atom stereocenters. The van der Waals surface area contributed by atoms with Gasteiger partial charge in [0, 0.05) is 17.0 Å². The highest BCUT2D eigenvalue weighted by atomic mass is 32.1. The van der Waals surface area contributed by atoms with E-state index in [-0.39, 0.29) is 5.91 Å².